The van der Waals surface area contributed by atoms with Crippen LogP contribution >= 0.6 is 11.3 Å². The fourth-order valence-electron chi connectivity index (χ4n) is 3.30. The summed E-state index contributed by atoms with van der Waals surface area (Å²) < 4.78 is 31.9. The van der Waals surface area contributed by atoms with E-state index in [-0.39, 0.29) is 4.21 Å². The maximum atomic E-state index is 12.7. The molecule has 3 aromatic rings. The number of rotatable bonds is 7. The number of amides is 1. The summed E-state index contributed by atoms with van der Waals surface area (Å²) >= 11 is 1.14. The summed E-state index contributed by atoms with van der Waals surface area (Å²) in [5.74, 6) is 1.27. The van der Waals surface area contributed by atoms with E-state index in [0.717, 1.165) is 45.1 Å². The lowest BCUT2D eigenvalue weighted by Crippen LogP contribution is -2.18. The van der Waals surface area contributed by atoms with E-state index in [1.165, 1.54) is 0 Å². The molecule has 0 fully saturated rings. The van der Waals surface area contributed by atoms with E-state index in [9.17, 15) is 13.2 Å². The van der Waals surface area contributed by atoms with Crippen molar-refractivity contribution in [3.05, 3.63) is 58.5 Å². The monoisotopic (exact) mass is 447 g/mol. The fourth-order valence-corrected chi connectivity index (χ4v) is 6.19. The molecule has 2 heterocycles. The van der Waals surface area contributed by atoms with Gasteiger partial charge in [0.05, 0.1) is 0 Å². The van der Waals surface area contributed by atoms with Crippen molar-refractivity contribution in [1.29, 1.82) is 0 Å². The van der Waals surface area contributed by atoms with Crippen molar-refractivity contribution in [3.8, 4) is 11.1 Å². The number of benzene rings is 1. The minimum absolute atomic E-state index is 0.00709. The van der Waals surface area contributed by atoms with Crippen molar-refractivity contribution in [2.75, 3.05) is 0 Å². The van der Waals surface area contributed by atoms with Gasteiger partial charge < -0.3 is 14.5 Å². The van der Waals surface area contributed by atoms with Crippen LogP contribution in [0.5, 0.6) is 0 Å². The van der Waals surface area contributed by atoms with E-state index >= 15 is 0 Å². The minimum atomic E-state index is -4.30. The molecular weight excluding hydrogens is 422 g/mol. The second-order valence-corrected chi connectivity index (χ2v) is 10.4. The average Bonchev–Trinajstić information content (AvgIpc) is 3.19. The topological polar surface area (TPSA) is 104 Å². The molecule has 30 heavy (non-hydrogen) atoms. The lowest BCUT2D eigenvalue weighted by Gasteiger charge is -2.09. The van der Waals surface area contributed by atoms with Crippen LogP contribution in [-0.2, 0) is 27.3 Å². The molecule has 0 spiro atoms. The average molecular weight is 448 g/mol. The lowest BCUT2D eigenvalue weighted by molar-refractivity contribution is 0.213. The van der Waals surface area contributed by atoms with Gasteiger partial charge in [0.15, 0.2) is 4.21 Å². The second-order valence-electron chi connectivity index (χ2n) is 7.57. The molecule has 160 valence electrons. The summed E-state index contributed by atoms with van der Waals surface area (Å²) in [5.41, 5.74) is 8.22. The molecule has 2 aromatic heterocycles. The molecular formula is C21H25N3O4S2. The van der Waals surface area contributed by atoms with Crippen LogP contribution in [-0.4, -0.2) is 24.1 Å². The van der Waals surface area contributed by atoms with Gasteiger partial charge in [-0.25, -0.2) is 9.78 Å². The minimum Gasteiger partial charge on any atom is -0.334 e. The molecule has 0 bridgehead atoms. The predicted molar refractivity (Wildman–Crippen MR) is 117 cm³/mol. The van der Waals surface area contributed by atoms with Gasteiger partial charge in [-0.2, -0.15) is 8.42 Å². The molecule has 0 unspecified atom stereocenters. The maximum Gasteiger partial charge on any atom is 0.420 e. The molecule has 3 rings (SSSR count). The molecule has 0 saturated heterocycles. The van der Waals surface area contributed by atoms with Gasteiger partial charge in [-0.05, 0) is 42.9 Å². The summed E-state index contributed by atoms with van der Waals surface area (Å²) in [6.07, 6.45) is 3.05. The number of imidazole rings is 1. The van der Waals surface area contributed by atoms with Crippen molar-refractivity contribution in [3.63, 3.8) is 0 Å². The van der Waals surface area contributed by atoms with Gasteiger partial charge in [0.25, 0.3) is 0 Å². The number of nitrogens with zero attached hydrogens (tertiary/aromatic N) is 2. The van der Waals surface area contributed by atoms with Crippen molar-refractivity contribution in [2.24, 2.45) is 11.7 Å². The highest BCUT2D eigenvalue weighted by atomic mass is 32.3. The van der Waals surface area contributed by atoms with Crippen LogP contribution in [0.1, 0.15) is 35.7 Å². The molecule has 0 aliphatic rings. The van der Waals surface area contributed by atoms with Gasteiger partial charge in [-0.15, -0.1) is 11.3 Å². The zero-order valence-corrected chi connectivity index (χ0v) is 19.0. The first kappa shape index (κ1) is 22.0. The van der Waals surface area contributed by atoms with Crippen molar-refractivity contribution in [1.82, 2.24) is 9.55 Å². The molecule has 0 aliphatic carbocycles. The number of nitrogens with two attached hydrogens (primary N) is 1. The van der Waals surface area contributed by atoms with Gasteiger partial charge in [-0.3, -0.25) is 0 Å². The highest BCUT2D eigenvalue weighted by Gasteiger charge is 2.29. The quantitative estimate of drug-likeness (QED) is 0.545. The van der Waals surface area contributed by atoms with Gasteiger partial charge in [-0.1, -0.05) is 38.1 Å². The van der Waals surface area contributed by atoms with E-state index in [1.807, 2.05) is 48.9 Å². The Labute approximate surface area is 180 Å². The van der Waals surface area contributed by atoms with Crippen LogP contribution in [0.2, 0.25) is 0 Å². The first-order valence-electron chi connectivity index (χ1n) is 9.51. The summed E-state index contributed by atoms with van der Waals surface area (Å²) in [7, 11) is -4.30. The Bertz CT molecular complexity index is 1160. The molecule has 0 aliphatic heterocycles. The van der Waals surface area contributed by atoms with Crippen LogP contribution in [0.25, 0.3) is 11.1 Å². The van der Waals surface area contributed by atoms with Gasteiger partial charge in [0, 0.05) is 29.4 Å². The molecule has 0 atom stereocenters. The van der Waals surface area contributed by atoms with Gasteiger partial charge >= 0.3 is 16.2 Å². The van der Waals surface area contributed by atoms with E-state index in [2.05, 4.69) is 23.0 Å². The van der Waals surface area contributed by atoms with Crippen LogP contribution in [0, 0.1) is 19.8 Å². The third-order valence-electron chi connectivity index (χ3n) is 4.74. The van der Waals surface area contributed by atoms with Crippen molar-refractivity contribution >= 4 is 27.5 Å². The number of primary amides is 1. The first-order chi connectivity index (χ1) is 14.1. The van der Waals surface area contributed by atoms with Crippen molar-refractivity contribution < 1.29 is 17.4 Å². The summed E-state index contributed by atoms with van der Waals surface area (Å²) in [5, 5.41) is 0. The Morgan fingerprint density at radius 3 is 2.43 bits per heavy atom. The highest BCUT2D eigenvalue weighted by Crippen LogP contribution is 2.41. The summed E-state index contributed by atoms with van der Waals surface area (Å²) in [4.78, 5) is 16.3. The first-order valence-corrected chi connectivity index (χ1v) is 11.7. The Balaban J connectivity index is 2.04. The van der Waals surface area contributed by atoms with E-state index < -0.39 is 16.2 Å². The summed E-state index contributed by atoms with van der Waals surface area (Å²) in [6, 6.07) is 7.69. The molecule has 0 saturated carbocycles. The Hall–Kier alpha value is -2.65. The van der Waals surface area contributed by atoms with Crippen molar-refractivity contribution in [2.45, 2.75) is 44.9 Å². The van der Waals surface area contributed by atoms with Crippen LogP contribution in [0.15, 0.2) is 40.9 Å². The van der Waals surface area contributed by atoms with Crippen LogP contribution in [0.3, 0.4) is 0 Å². The van der Waals surface area contributed by atoms with E-state index in [4.69, 9.17) is 5.73 Å². The Kier molecular flexibility index (Phi) is 6.33. The number of aromatic nitrogens is 2. The number of aryl methyl sites for hydroxylation is 1. The zero-order valence-electron chi connectivity index (χ0n) is 17.4. The Morgan fingerprint density at radius 2 is 1.90 bits per heavy atom. The molecule has 0 radical (unpaired) electrons. The second kappa shape index (κ2) is 8.61. The number of hydrogen-bond acceptors (Lipinski definition) is 6. The molecule has 9 heteroatoms. The molecule has 1 amide bonds. The van der Waals surface area contributed by atoms with E-state index in [0.29, 0.717) is 18.0 Å². The standard InChI is InChI=1S/C21H25N3O4S2/c1-13(2)11-18-14(3)19(20(29-18)30(26,27)28-21(22)25)17-7-5-16(6-8-17)12-24-10-9-23-15(24)4/h5-10,13H,11-12H2,1-4H3,(H2,22,25). The van der Waals surface area contributed by atoms with Crippen LogP contribution < -0.4 is 5.73 Å². The zero-order chi connectivity index (χ0) is 22.1. The smallest absolute Gasteiger partial charge is 0.334 e. The maximum absolute atomic E-state index is 12.7. The van der Waals surface area contributed by atoms with Gasteiger partial charge in [0.1, 0.15) is 5.82 Å². The predicted octanol–water partition coefficient (Wildman–Crippen LogP) is 4.26. The SMILES string of the molecule is Cc1c(CC(C)C)sc(S(=O)(=O)OC(N)=O)c1-c1ccc(Cn2ccnc2C)cc1. The fraction of sp³-hybridized carbons (Fsp3) is 0.333. The van der Waals surface area contributed by atoms with Gasteiger partial charge in [0.2, 0.25) is 0 Å². The number of carbonyl (C=O) groups is 1. The summed E-state index contributed by atoms with van der Waals surface area (Å²) in [6.45, 7) is 8.65. The number of carbonyl (C=O) groups excluding carboxylic acids is 1. The molecule has 7 nitrogen and oxygen atoms in total. The van der Waals surface area contributed by atoms with Crippen LogP contribution in [0.4, 0.5) is 4.79 Å². The largest absolute Gasteiger partial charge is 0.420 e. The normalized spacial score (nSPS) is 11.8. The Morgan fingerprint density at radius 1 is 1.23 bits per heavy atom. The third-order valence-corrected chi connectivity index (χ3v) is 7.76. The number of hydrogen-bond donors (Lipinski definition) is 1. The third kappa shape index (κ3) is 4.73. The number of thiophene rings is 1. The molecule has 1 aromatic carbocycles. The highest BCUT2D eigenvalue weighted by molar-refractivity contribution is 7.89. The van der Waals surface area contributed by atoms with E-state index in [1.54, 1.807) is 6.20 Å². The lowest BCUT2D eigenvalue weighted by atomic mass is 9.99. The molecule has 2 N–H and O–H groups in total.